The summed E-state index contributed by atoms with van der Waals surface area (Å²) in [5.41, 5.74) is 0. The van der Waals surface area contributed by atoms with E-state index in [-0.39, 0.29) is 74.4 Å². The predicted octanol–water partition coefficient (Wildman–Crippen LogP) is -0.738. The van der Waals surface area contributed by atoms with E-state index < -0.39 is 0 Å². The SMILES string of the molecule is CC(C)C1CC(=O)N(CCC(=O)NCCOCCOCCC(=O)NCC=O)C1=O. The quantitative estimate of drug-likeness (QED) is 0.205. The van der Waals surface area contributed by atoms with E-state index in [4.69, 9.17) is 9.47 Å². The van der Waals surface area contributed by atoms with Gasteiger partial charge >= 0.3 is 0 Å². The molecule has 0 aromatic carbocycles. The normalized spacial score (nSPS) is 16.4. The summed E-state index contributed by atoms with van der Waals surface area (Å²) in [7, 11) is 0. The van der Waals surface area contributed by atoms with Crippen molar-refractivity contribution < 1.29 is 33.4 Å². The largest absolute Gasteiger partial charge is 0.379 e. The van der Waals surface area contributed by atoms with Gasteiger partial charge in [-0.2, -0.15) is 0 Å². The Balaban J connectivity index is 2.01. The minimum absolute atomic E-state index is 0.00320. The number of nitrogens with zero attached hydrogens (tertiary/aromatic N) is 1. The van der Waals surface area contributed by atoms with Crippen molar-refractivity contribution >= 4 is 29.9 Å². The van der Waals surface area contributed by atoms with Crippen LogP contribution in [0.25, 0.3) is 0 Å². The standard InChI is InChI=1S/C19H31N3O7/c1-14(2)15-13-18(26)22(19(15)27)7-3-16(24)21-6-10-29-12-11-28-9-4-17(25)20-5-8-23/h8,14-15H,3-7,9-13H2,1-2H3,(H,20,25)(H,21,24). The first kappa shape index (κ1) is 24.7. The van der Waals surface area contributed by atoms with Gasteiger partial charge in [-0.1, -0.05) is 13.8 Å². The topological polar surface area (TPSA) is 131 Å². The Bertz CT molecular complexity index is 580. The maximum atomic E-state index is 12.2. The lowest BCUT2D eigenvalue weighted by molar-refractivity contribution is -0.140. The van der Waals surface area contributed by atoms with Gasteiger partial charge < -0.3 is 24.9 Å². The number of carbonyl (C=O) groups excluding carboxylic acids is 5. The van der Waals surface area contributed by atoms with E-state index in [0.717, 1.165) is 0 Å². The van der Waals surface area contributed by atoms with Gasteiger partial charge in [-0.3, -0.25) is 24.1 Å². The maximum Gasteiger partial charge on any atom is 0.233 e. The molecule has 1 saturated heterocycles. The molecule has 0 bridgehead atoms. The first-order valence-electron chi connectivity index (χ1n) is 9.83. The maximum absolute atomic E-state index is 12.2. The third-order valence-electron chi connectivity index (χ3n) is 4.44. The molecule has 10 heteroatoms. The van der Waals surface area contributed by atoms with Crippen LogP contribution in [-0.4, -0.2) is 80.9 Å². The highest BCUT2D eigenvalue weighted by Crippen LogP contribution is 2.26. The molecule has 29 heavy (non-hydrogen) atoms. The Labute approximate surface area is 170 Å². The number of rotatable bonds is 15. The van der Waals surface area contributed by atoms with Gasteiger partial charge in [-0.05, 0) is 5.92 Å². The molecule has 10 nitrogen and oxygen atoms in total. The van der Waals surface area contributed by atoms with Crippen molar-refractivity contribution in [3.8, 4) is 0 Å². The molecule has 1 rings (SSSR count). The molecule has 2 N–H and O–H groups in total. The second-order valence-electron chi connectivity index (χ2n) is 6.98. The van der Waals surface area contributed by atoms with Crippen molar-refractivity contribution in [2.24, 2.45) is 11.8 Å². The van der Waals surface area contributed by atoms with E-state index in [1.165, 1.54) is 4.90 Å². The third kappa shape index (κ3) is 9.62. The van der Waals surface area contributed by atoms with Gasteiger partial charge in [0, 0.05) is 38.3 Å². The number of carbonyl (C=O) groups is 5. The fraction of sp³-hybridized carbons (Fsp3) is 0.737. The first-order valence-corrected chi connectivity index (χ1v) is 9.83. The zero-order chi connectivity index (χ0) is 21.6. The number of aldehydes is 1. The van der Waals surface area contributed by atoms with Crippen LogP contribution in [0.5, 0.6) is 0 Å². The highest BCUT2D eigenvalue weighted by atomic mass is 16.5. The van der Waals surface area contributed by atoms with Crippen LogP contribution < -0.4 is 10.6 Å². The number of nitrogens with one attached hydrogen (secondary N) is 2. The zero-order valence-electron chi connectivity index (χ0n) is 17.1. The summed E-state index contributed by atoms with van der Waals surface area (Å²) in [5.74, 6) is -1.09. The molecule has 1 heterocycles. The molecule has 1 fully saturated rings. The molecule has 0 aliphatic carbocycles. The fourth-order valence-corrected chi connectivity index (χ4v) is 2.76. The molecular weight excluding hydrogens is 382 g/mol. The van der Waals surface area contributed by atoms with Crippen molar-refractivity contribution in [3.05, 3.63) is 0 Å². The van der Waals surface area contributed by atoms with E-state index in [0.29, 0.717) is 32.7 Å². The summed E-state index contributed by atoms with van der Waals surface area (Å²) in [5, 5.41) is 5.07. The summed E-state index contributed by atoms with van der Waals surface area (Å²) in [6.07, 6.45) is 1.07. The lowest BCUT2D eigenvalue weighted by Gasteiger charge is -2.16. The van der Waals surface area contributed by atoms with Crippen LogP contribution in [0.2, 0.25) is 0 Å². The van der Waals surface area contributed by atoms with Gasteiger partial charge in [0.1, 0.15) is 6.29 Å². The van der Waals surface area contributed by atoms with Crippen LogP contribution in [0.4, 0.5) is 0 Å². The molecule has 1 aliphatic rings. The molecule has 0 radical (unpaired) electrons. The summed E-state index contributed by atoms with van der Waals surface area (Å²) in [4.78, 5) is 58.4. The molecule has 1 unspecified atom stereocenters. The molecule has 1 atom stereocenters. The van der Waals surface area contributed by atoms with Crippen molar-refractivity contribution in [2.45, 2.75) is 33.1 Å². The Kier molecular flexibility index (Phi) is 11.7. The van der Waals surface area contributed by atoms with E-state index >= 15 is 0 Å². The van der Waals surface area contributed by atoms with Crippen LogP contribution in [0.1, 0.15) is 33.1 Å². The fourth-order valence-electron chi connectivity index (χ4n) is 2.76. The average Bonchev–Trinajstić information content (AvgIpc) is 2.97. The Morgan fingerprint density at radius 2 is 1.72 bits per heavy atom. The van der Waals surface area contributed by atoms with Gasteiger partial charge in [0.2, 0.25) is 23.6 Å². The molecule has 0 aromatic heterocycles. The van der Waals surface area contributed by atoms with Crippen LogP contribution in [-0.2, 0) is 33.4 Å². The van der Waals surface area contributed by atoms with Crippen LogP contribution in [0.15, 0.2) is 0 Å². The lowest BCUT2D eigenvalue weighted by Crippen LogP contribution is -2.36. The van der Waals surface area contributed by atoms with Crippen LogP contribution in [0, 0.1) is 11.8 Å². The molecule has 0 spiro atoms. The van der Waals surface area contributed by atoms with E-state index in [1.54, 1.807) is 0 Å². The third-order valence-corrected chi connectivity index (χ3v) is 4.44. The minimum Gasteiger partial charge on any atom is -0.379 e. The second kappa shape index (κ2) is 13.8. The first-order chi connectivity index (χ1) is 13.9. The Morgan fingerprint density at radius 3 is 2.34 bits per heavy atom. The smallest absolute Gasteiger partial charge is 0.233 e. The number of ether oxygens (including phenoxy) is 2. The summed E-state index contributed by atoms with van der Waals surface area (Å²) in [6, 6.07) is 0. The molecule has 0 saturated carbocycles. The van der Waals surface area contributed by atoms with Gasteiger partial charge in [0.25, 0.3) is 0 Å². The number of likely N-dealkylation sites (tertiary alicyclic amines) is 1. The summed E-state index contributed by atoms with van der Waals surface area (Å²) in [6.45, 7) is 5.38. The molecule has 4 amide bonds. The predicted molar refractivity (Wildman–Crippen MR) is 103 cm³/mol. The summed E-state index contributed by atoms with van der Waals surface area (Å²) >= 11 is 0. The van der Waals surface area contributed by atoms with Gasteiger partial charge in [-0.15, -0.1) is 0 Å². The zero-order valence-corrected chi connectivity index (χ0v) is 17.1. The molecule has 164 valence electrons. The highest BCUT2D eigenvalue weighted by molar-refractivity contribution is 6.03. The summed E-state index contributed by atoms with van der Waals surface area (Å²) < 4.78 is 10.5. The van der Waals surface area contributed by atoms with Crippen molar-refractivity contribution in [1.29, 1.82) is 0 Å². The molecule has 1 aliphatic heterocycles. The van der Waals surface area contributed by atoms with Crippen molar-refractivity contribution in [3.63, 3.8) is 0 Å². The second-order valence-corrected chi connectivity index (χ2v) is 6.98. The Hall–Kier alpha value is -2.33. The number of hydrogen-bond acceptors (Lipinski definition) is 7. The van der Waals surface area contributed by atoms with E-state index in [1.807, 2.05) is 13.8 Å². The highest BCUT2D eigenvalue weighted by Gasteiger charge is 2.39. The number of amides is 4. The minimum atomic E-state index is -0.285. The number of imide groups is 1. The van der Waals surface area contributed by atoms with Crippen LogP contribution in [0.3, 0.4) is 0 Å². The number of hydrogen-bond donors (Lipinski definition) is 2. The lowest BCUT2D eigenvalue weighted by atomic mass is 9.94. The van der Waals surface area contributed by atoms with Gasteiger partial charge in [0.15, 0.2) is 0 Å². The monoisotopic (exact) mass is 413 g/mol. The van der Waals surface area contributed by atoms with Gasteiger partial charge in [0.05, 0.1) is 33.0 Å². The molecule has 0 aromatic rings. The van der Waals surface area contributed by atoms with E-state index in [2.05, 4.69) is 10.6 Å². The van der Waals surface area contributed by atoms with Crippen LogP contribution >= 0.6 is 0 Å². The Morgan fingerprint density at radius 1 is 1.07 bits per heavy atom. The van der Waals surface area contributed by atoms with Crippen molar-refractivity contribution in [1.82, 2.24) is 15.5 Å². The average molecular weight is 413 g/mol. The molecular formula is C19H31N3O7. The van der Waals surface area contributed by atoms with Crippen molar-refractivity contribution in [2.75, 3.05) is 46.1 Å². The van der Waals surface area contributed by atoms with E-state index in [9.17, 15) is 24.0 Å². The van der Waals surface area contributed by atoms with Gasteiger partial charge in [-0.25, -0.2) is 0 Å².